The number of piperazine rings is 1. The minimum absolute atomic E-state index is 0.136. The van der Waals surface area contributed by atoms with E-state index in [2.05, 4.69) is 46.0 Å². The van der Waals surface area contributed by atoms with Crippen LogP contribution >= 0.6 is 0 Å². The Morgan fingerprint density at radius 3 is 2.61 bits per heavy atom. The summed E-state index contributed by atoms with van der Waals surface area (Å²) in [5, 5.41) is 0. The molecular formula is C23H35N3O2. The number of benzene rings is 1. The Morgan fingerprint density at radius 1 is 1.11 bits per heavy atom. The maximum atomic E-state index is 12.6. The summed E-state index contributed by atoms with van der Waals surface area (Å²) < 4.78 is 5.56. The zero-order valence-electron chi connectivity index (χ0n) is 17.5. The van der Waals surface area contributed by atoms with E-state index in [4.69, 9.17) is 4.74 Å². The number of hydrogen-bond donors (Lipinski definition) is 0. The zero-order valence-corrected chi connectivity index (χ0v) is 17.5. The first-order chi connectivity index (χ1) is 13.6. The molecule has 1 amide bonds. The fourth-order valence-corrected chi connectivity index (χ4v) is 4.83. The van der Waals surface area contributed by atoms with Crippen molar-refractivity contribution in [1.29, 1.82) is 0 Å². The van der Waals surface area contributed by atoms with Gasteiger partial charge in [-0.2, -0.15) is 0 Å². The number of amides is 1. The van der Waals surface area contributed by atoms with Gasteiger partial charge in [-0.1, -0.05) is 12.1 Å². The summed E-state index contributed by atoms with van der Waals surface area (Å²) in [7, 11) is 2.26. The second-order valence-corrected chi connectivity index (χ2v) is 8.97. The Morgan fingerprint density at radius 2 is 1.89 bits per heavy atom. The molecule has 1 spiro atoms. The predicted molar refractivity (Wildman–Crippen MR) is 111 cm³/mol. The van der Waals surface area contributed by atoms with Crippen molar-refractivity contribution >= 4 is 5.91 Å². The number of hydrogen-bond acceptors (Lipinski definition) is 4. The summed E-state index contributed by atoms with van der Waals surface area (Å²) in [6.07, 6.45) is 5.41. The van der Waals surface area contributed by atoms with Crippen molar-refractivity contribution < 1.29 is 9.53 Å². The number of ether oxygens (including phenoxy) is 1. The van der Waals surface area contributed by atoms with Gasteiger partial charge < -0.3 is 9.64 Å². The molecule has 2 heterocycles. The summed E-state index contributed by atoms with van der Waals surface area (Å²) >= 11 is 0. The van der Waals surface area contributed by atoms with E-state index in [9.17, 15) is 4.79 Å². The fourth-order valence-electron chi connectivity index (χ4n) is 4.83. The molecule has 0 N–H and O–H groups in total. The third-order valence-electron chi connectivity index (χ3n) is 6.90. The van der Waals surface area contributed by atoms with E-state index >= 15 is 0 Å². The largest absolute Gasteiger partial charge is 0.494 e. The molecule has 4 rings (SSSR count). The van der Waals surface area contributed by atoms with Crippen molar-refractivity contribution in [1.82, 2.24) is 14.7 Å². The van der Waals surface area contributed by atoms with Crippen LogP contribution in [0.15, 0.2) is 24.3 Å². The Bertz CT molecular complexity index is 673. The van der Waals surface area contributed by atoms with E-state index < -0.39 is 0 Å². The van der Waals surface area contributed by atoms with Crippen LogP contribution in [0, 0.1) is 5.92 Å². The van der Waals surface area contributed by atoms with Crippen LogP contribution in [-0.2, 0) is 11.3 Å². The lowest BCUT2D eigenvalue weighted by Gasteiger charge is -2.49. The molecule has 1 saturated carbocycles. The second-order valence-electron chi connectivity index (χ2n) is 8.97. The molecule has 28 heavy (non-hydrogen) atoms. The van der Waals surface area contributed by atoms with Crippen LogP contribution in [0.5, 0.6) is 5.75 Å². The van der Waals surface area contributed by atoms with Gasteiger partial charge in [0.05, 0.1) is 6.61 Å². The molecule has 1 aromatic rings. The molecule has 5 nitrogen and oxygen atoms in total. The molecule has 0 radical (unpaired) electrons. The van der Waals surface area contributed by atoms with Crippen molar-refractivity contribution in [3.8, 4) is 5.75 Å². The lowest BCUT2D eigenvalue weighted by atomic mass is 9.86. The van der Waals surface area contributed by atoms with Crippen LogP contribution < -0.4 is 4.74 Å². The van der Waals surface area contributed by atoms with Gasteiger partial charge in [0, 0.05) is 51.2 Å². The van der Waals surface area contributed by atoms with E-state index in [1.54, 1.807) is 0 Å². The molecule has 0 aromatic heterocycles. The maximum absolute atomic E-state index is 12.6. The van der Waals surface area contributed by atoms with Gasteiger partial charge in [-0.3, -0.25) is 14.6 Å². The van der Waals surface area contributed by atoms with E-state index in [-0.39, 0.29) is 5.54 Å². The van der Waals surface area contributed by atoms with Gasteiger partial charge >= 0.3 is 0 Å². The maximum Gasteiger partial charge on any atom is 0.222 e. The molecule has 1 aliphatic carbocycles. The first-order valence-electron chi connectivity index (χ1n) is 11.0. The monoisotopic (exact) mass is 385 g/mol. The highest BCUT2D eigenvalue weighted by molar-refractivity contribution is 5.76. The van der Waals surface area contributed by atoms with Crippen LogP contribution in [0.4, 0.5) is 0 Å². The minimum Gasteiger partial charge on any atom is -0.494 e. The van der Waals surface area contributed by atoms with Crippen molar-refractivity contribution in [3.05, 3.63) is 29.8 Å². The van der Waals surface area contributed by atoms with Crippen molar-refractivity contribution in [2.75, 3.05) is 46.4 Å². The number of rotatable bonds is 6. The third kappa shape index (κ3) is 4.52. The summed E-state index contributed by atoms with van der Waals surface area (Å²) in [6, 6.07) is 8.52. The topological polar surface area (TPSA) is 36.0 Å². The van der Waals surface area contributed by atoms with Gasteiger partial charge in [0.1, 0.15) is 5.75 Å². The van der Waals surface area contributed by atoms with Gasteiger partial charge in [0.25, 0.3) is 0 Å². The van der Waals surface area contributed by atoms with E-state index in [1.807, 2.05) is 6.92 Å². The Labute approximate surface area is 169 Å². The fraction of sp³-hybridized carbons (Fsp3) is 0.696. The van der Waals surface area contributed by atoms with Gasteiger partial charge in [-0.05, 0) is 63.3 Å². The van der Waals surface area contributed by atoms with Crippen LogP contribution in [0.2, 0.25) is 0 Å². The molecule has 1 aromatic carbocycles. The normalized spacial score (nSPS) is 27.2. The SMILES string of the molecule is CCOc1ccc(CN2CCN(C)C3(CCC(=O)N(CC4CC4)CC3)C2)cc1. The van der Waals surface area contributed by atoms with Crippen LogP contribution in [-0.4, -0.2) is 72.5 Å². The lowest BCUT2D eigenvalue weighted by Crippen LogP contribution is -2.60. The number of nitrogens with zero attached hydrogens (tertiary/aromatic N) is 3. The third-order valence-corrected chi connectivity index (χ3v) is 6.90. The average molecular weight is 386 g/mol. The van der Waals surface area contributed by atoms with Crippen LogP contribution in [0.3, 0.4) is 0 Å². The Hall–Kier alpha value is -1.59. The average Bonchev–Trinajstić information content (AvgIpc) is 3.52. The van der Waals surface area contributed by atoms with E-state index in [1.165, 1.54) is 18.4 Å². The summed E-state index contributed by atoms with van der Waals surface area (Å²) in [6.45, 7) is 8.84. The first kappa shape index (κ1) is 19.7. The molecule has 5 heteroatoms. The van der Waals surface area contributed by atoms with Crippen molar-refractivity contribution in [2.45, 2.75) is 51.1 Å². The molecule has 2 saturated heterocycles. The smallest absolute Gasteiger partial charge is 0.222 e. The molecular weight excluding hydrogens is 350 g/mol. The highest BCUT2D eigenvalue weighted by Crippen LogP contribution is 2.35. The first-order valence-corrected chi connectivity index (χ1v) is 11.0. The predicted octanol–water partition coefficient (Wildman–Crippen LogP) is 2.99. The highest BCUT2D eigenvalue weighted by atomic mass is 16.5. The van der Waals surface area contributed by atoms with E-state index in [0.717, 1.165) is 63.8 Å². The summed E-state index contributed by atoms with van der Waals surface area (Å²) in [5.41, 5.74) is 1.47. The molecule has 1 unspecified atom stereocenters. The highest BCUT2D eigenvalue weighted by Gasteiger charge is 2.42. The number of carbonyl (C=O) groups excluding carboxylic acids is 1. The van der Waals surface area contributed by atoms with Crippen molar-refractivity contribution in [3.63, 3.8) is 0 Å². The molecule has 154 valence electrons. The number of likely N-dealkylation sites (tertiary alicyclic amines) is 1. The Kier molecular flexibility index (Phi) is 5.93. The van der Waals surface area contributed by atoms with Gasteiger partial charge in [-0.25, -0.2) is 0 Å². The number of carbonyl (C=O) groups is 1. The van der Waals surface area contributed by atoms with Crippen LogP contribution in [0.1, 0.15) is 44.6 Å². The number of likely N-dealkylation sites (N-methyl/N-ethyl adjacent to an activating group) is 1. The van der Waals surface area contributed by atoms with E-state index in [0.29, 0.717) is 18.9 Å². The quantitative estimate of drug-likeness (QED) is 0.754. The Balaban J connectivity index is 1.40. The van der Waals surface area contributed by atoms with Crippen molar-refractivity contribution in [2.24, 2.45) is 5.92 Å². The minimum atomic E-state index is 0.136. The summed E-state index contributed by atoms with van der Waals surface area (Å²) in [5.74, 6) is 2.10. The molecule has 3 fully saturated rings. The van der Waals surface area contributed by atoms with Gasteiger partial charge in [-0.15, -0.1) is 0 Å². The lowest BCUT2D eigenvalue weighted by molar-refractivity contribution is -0.131. The molecule has 2 aliphatic heterocycles. The van der Waals surface area contributed by atoms with Gasteiger partial charge in [0.15, 0.2) is 0 Å². The van der Waals surface area contributed by atoms with Crippen LogP contribution in [0.25, 0.3) is 0 Å². The zero-order chi connectivity index (χ0) is 19.6. The molecule has 3 aliphatic rings. The molecule has 0 bridgehead atoms. The molecule has 1 atom stereocenters. The standard InChI is InChI=1S/C23H35N3O2/c1-3-28-21-8-6-19(7-9-21)16-25-15-14-24(2)23(18-25)11-10-22(27)26(13-12-23)17-20-4-5-20/h6-9,20H,3-5,10-18H2,1-2H3. The second kappa shape index (κ2) is 8.42. The van der Waals surface area contributed by atoms with Gasteiger partial charge in [0.2, 0.25) is 5.91 Å². The summed E-state index contributed by atoms with van der Waals surface area (Å²) in [4.78, 5) is 19.9.